The van der Waals surface area contributed by atoms with E-state index in [1.807, 2.05) is 0 Å². The molecule has 0 aliphatic heterocycles. The van der Waals surface area contributed by atoms with Crippen molar-refractivity contribution in [1.29, 1.82) is 0 Å². The van der Waals surface area contributed by atoms with Crippen molar-refractivity contribution in [2.45, 2.75) is 198 Å². The van der Waals surface area contributed by atoms with E-state index in [4.69, 9.17) is 15.9 Å². The maximum absolute atomic E-state index is 12.3. The van der Waals surface area contributed by atoms with Crippen LogP contribution in [0.4, 0.5) is 0 Å². The van der Waals surface area contributed by atoms with Crippen LogP contribution in [0.3, 0.4) is 0 Å². The van der Waals surface area contributed by atoms with Gasteiger partial charge in [0.2, 0.25) is 23.6 Å². The Morgan fingerprint density at radius 3 is 1.31 bits per heavy atom. The van der Waals surface area contributed by atoms with Crippen LogP contribution in [0.2, 0.25) is 0 Å². The molecule has 4 amide bonds. The Bertz CT molecular complexity index is 1160. The van der Waals surface area contributed by atoms with Gasteiger partial charge in [0.05, 0.1) is 12.1 Å². The van der Waals surface area contributed by atoms with E-state index >= 15 is 0 Å². The van der Waals surface area contributed by atoms with Crippen molar-refractivity contribution in [3.63, 3.8) is 0 Å². The van der Waals surface area contributed by atoms with Crippen LogP contribution in [0, 0.1) is 0 Å². The largest absolute Gasteiger partial charge is 0.481 e. The SMILES string of the molecule is BNC(CCCCNC(=O)C(N)CCCCNC(=O)CCCCCNC(=O)CCC(NC(=O)CCCCCCCCCCCCCCCCC(=O)O)C(=O)O)C(=O)O. The summed E-state index contributed by atoms with van der Waals surface area (Å²) < 4.78 is 0. The van der Waals surface area contributed by atoms with Gasteiger partial charge in [-0.2, -0.15) is 0 Å². The molecule has 3 unspecified atom stereocenters. The minimum absolute atomic E-state index is 0.00828. The molecular formula is C41H77BN6O10. The first-order chi connectivity index (χ1) is 27.9. The van der Waals surface area contributed by atoms with Gasteiger partial charge in [0.15, 0.2) is 7.98 Å². The molecule has 0 bridgehead atoms. The van der Waals surface area contributed by atoms with Gasteiger partial charge in [0.1, 0.15) is 6.04 Å². The topological polar surface area (TPSA) is 266 Å². The molecule has 0 fully saturated rings. The number of nitrogens with two attached hydrogens (primary N) is 1. The second-order valence-electron chi connectivity index (χ2n) is 15.4. The summed E-state index contributed by atoms with van der Waals surface area (Å²) in [7, 11) is 1.60. The molecular weight excluding hydrogens is 747 g/mol. The van der Waals surface area contributed by atoms with Crippen LogP contribution in [-0.2, 0) is 33.6 Å². The molecule has 0 aromatic heterocycles. The zero-order valence-corrected chi connectivity index (χ0v) is 35.4. The first-order valence-electron chi connectivity index (χ1n) is 22.1. The van der Waals surface area contributed by atoms with Gasteiger partial charge in [0.25, 0.3) is 0 Å². The number of hydrogen-bond acceptors (Lipinski definition) is 9. The minimum atomic E-state index is -1.16. The smallest absolute Gasteiger partial charge is 0.326 e. The van der Waals surface area contributed by atoms with E-state index in [9.17, 15) is 38.7 Å². The van der Waals surface area contributed by atoms with Gasteiger partial charge >= 0.3 is 17.9 Å². The van der Waals surface area contributed by atoms with Gasteiger partial charge in [-0.3, -0.25) is 28.8 Å². The number of amides is 4. The van der Waals surface area contributed by atoms with Crippen molar-refractivity contribution in [2.24, 2.45) is 5.73 Å². The minimum Gasteiger partial charge on any atom is -0.481 e. The molecule has 0 rings (SSSR count). The van der Waals surface area contributed by atoms with Crippen LogP contribution in [-0.4, -0.2) is 103 Å². The summed E-state index contributed by atoms with van der Waals surface area (Å²) in [6.07, 6.45) is 21.8. The Kier molecular flexibility index (Phi) is 35.1. The number of carbonyl (C=O) groups is 7. The van der Waals surface area contributed by atoms with Crippen molar-refractivity contribution in [3.8, 4) is 0 Å². The van der Waals surface area contributed by atoms with Gasteiger partial charge in [-0.1, -0.05) is 83.5 Å². The standard InChI is InChI=1S/C41H77BN6O10/c42-48-34(41(57)58)23-18-21-31-46-39(54)32(43)22-17-20-30-44-35(49)24-15-13-19-29-45-36(50)28-27-33(40(55)56)47-37(51)25-14-11-9-7-5-3-1-2-4-6-8-10-12-16-26-38(52)53/h32-34,48H,1-31,42-43H2,(H,44,49)(H,45,50)(H,46,54)(H,47,51)(H,52,53)(H,55,56)(H,57,58). The Morgan fingerprint density at radius 2 is 0.828 bits per heavy atom. The molecule has 334 valence electrons. The van der Waals surface area contributed by atoms with E-state index < -0.39 is 36.0 Å². The van der Waals surface area contributed by atoms with Crippen molar-refractivity contribution < 1.29 is 48.9 Å². The molecule has 0 aliphatic rings. The third-order valence-corrected chi connectivity index (χ3v) is 10.2. The normalized spacial score (nSPS) is 12.6. The molecule has 0 spiro atoms. The van der Waals surface area contributed by atoms with E-state index in [1.165, 1.54) is 44.9 Å². The Hall–Kier alpha value is -3.73. The molecule has 16 nitrogen and oxygen atoms in total. The third-order valence-electron chi connectivity index (χ3n) is 10.2. The van der Waals surface area contributed by atoms with E-state index in [1.54, 1.807) is 7.98 Å². The second kappa shape index (κ2) is 37.5. The van der Waals surface area contributed by atoms with Crippen LogP contribution < -0.4 is 32.2 Å². The molecule has 58 heavy (non-hydrogen) atoms. The average Bonchev–Trinajstić information content (AvgIpc) is 3.18. The summed E-state index contributed by atoms with van der Waals surface area (Å²) in [5, 5.41) is 40.9. The van der Waals surface area contributed by atoms with Gasteiger partial charge in [-0.25, -0.2) is 4.79 Å². The lowest BCUT2D eigenvalue weighted by atomic mass is 10.0. The van der Waals surface area contributed by atoms with E-state index in [-0.39, 0.29) is 49.3 Å². The molecule has 0 saturated heterocycles. The highest BCUT2D eigenvalue weighted by Gasteiger charge is 2.21. The quantitative estimate of drug-likeness (QED) is 0.0315. The van der Waals surface area contributed by atoms with Crippen molar-refractivity contribution in [3.05, 3.63) is 0 Å². The number of carbonyl (C=O) groups excluding carboxylic acids is 4. The summed E-state index contributed by atoms with van der Waals surface area (Å²) in [6.45, 7) is 1.34. The summed E-state index contributed by atoms with van der Waals surface area (Å²) in [5.41, 5.74) is 5.96. The van der Waals surface area contributed by atoms with Gasteiger partial charge in [-0.05, 0) is 70.6 Å². The summed E-state index contributed by atoms with van der Waals surface area (Å²) in [5.74, 6) is -3.67. The van der Waals surface area contributed by atoms with Crippen molar-refractivity contribution in [1.82, 2.24) is 26.5 Å². The lowest BCUT2D eigenvalue weighted by molar-refractivity contribution is -0.142. The number of carboxylic acid groups (broad SMARTS) is 3. The molecule has 0 saturated carbocycles. The predicted octanol–water partition coefficient (Wildman–Crippen LogP) is 3.83. The molecule has 3 atom stereocenters. The lowest BCUT2D eigenvalue weighted by Crippen LogP contribution is -2.41. The van der Waals surface area contributed by atoms with Crippen LogP contribution in [0.15, 0.2) is 0 Å². The highest BCUT2D eigenvalue weighted by atomic mass is 16.4. The maximum atomic E-state index is 12.3. The highest BCUT2D eigenvalue weighted by Crippen LogP contribution is 2.14. The van der Waals surface area contributed by atoms with E-state index in [0.717, 1.165) is 44.9 Å². The number of nitrogens with one attached hydrogen (secondary N) is 5. The van der Waals surface area contributed by atoms with Crippen LogP contribution in [0.1, 0.15) is 180 Å². The average molecular weight is 825 g/mol. The highest BCUT2D eigenvalue weighted by molar-refractivity contribution is 6.06. The fourth-order valence-corrected chi connectivity index (χ4v) is 6.53. The fourth-order valence-electron chi connectivity index (χ4n) is 6.53. The molecule has 0 heterocycles. The predicted molar refractivity (Wildman–Crippen MR) is 227 cm³/mol. The molecule has 0 aromatic rings. The van der Waals surface area contributed by atoms with E-state index in [2.05, 4.69) is 26.5 Å². The second-order valence-corrected chi connectivity index (χ2v) is 15.4. The first-order valence-corrected chi connectivity index (χ1v) is 22.1. The lowest BCUT2D eigenvalue weighted by Gasteiger charge is -2.14. The number of unbranched alkanes of at least 4 members (excludes halogenated alkanes) is 17. The molecule has 0 aromatic carbocycles. The summed E-state index contributed by atoms with van der Waals surface area (Å²) in [6, 6.07) is -2.35. The Morgan fingerprint density at radius 1 is 0.431 bits per heavy atom. The van der Waals surface area contributed by atoms with Crippen LogP contribution in [0.5, 0.6) is 0 Å². The molecule has 0 radical (unpaired) electrons. The number of carboxylic acids is 3. The van der Waals surface area contributed by atoms with Crippen LogP contribution in [0.25, 0.3) is 0 Å². The fraction of sp³-hybridized carbons (Fsp3) is 0.829. The zero-order chi connectivity index (χ0) is 43.2. The molecule has 0 aliphatic carbocycles. The van der Waals surface area contributed by atoms with Gasteiger partial charge in [-0.15, -0.1) is 0 Å². The number of hydrogen-bond donors (Lipinski definition) is 9. The monoisotopic (exact) mass is 825 g/mol. The number of rotatable bonds is 41. The zero-order valence-electron chi connectivity index (χ0n) is 35.4. The van der Waals surface area contributed by atoms with Crippen LogP contribution >= 0.6 is 0 Å². The first kappa shape index (κ1) is 54.3. The van der Waals surface area contributed by atoms with Gasteiger partial charge < -0.3 is 47.5 Å². The summed E-state index contributed by atoms with van der Waals surface area (Å²) in [4.78, 5) is 82.1. The Labute approximate surface area is 347 Å². The van der Waals surface area contributed by atoms with Crippen molar-refractivity contribution >= 4 is 49.5 Å². The molecule has 10 N–H and O–H groups in total. The summed E-state index contributed by atoms with van der Waals surface area (Å²) >= 11 is 0. The van der Waals surface area contributed by atoms with Gasteiger partial charge in [0, 0.05) is 45.3 Å². The Balaban J connectivity index is 3.78. The van der Waals surface area contributed by atoms with E-state index in [0.29, 0.717) is 83.8 Å². The maximum Gasteiger partial charge on any atom is 0.326 e. The number of aliphatic carboxylic acids is 3. The van der Waals surface area contributed by atoms with Crippen molar-refractivity contribution in [2.75, 3.05) is 19.6 Å². The molecule has 17 heteroatoms. The third kappa shape index (κ3) is 34.3.